The van der Waals surface area contributed by atoms with Gasteiger partial charge in [-0.05, 0) is 0 Å². The Morgan fingerprint density at radius 1 is 1.36 bits per heavy atom. The maximum Gasteiger partial charge on any atom is 0.224 e. The number of nitrogens with zero attached hydrogens (tertiary/aromatic N) is 3. The predicted molar refractivity (Wildman–Crippen MR) is 57.1 cm³/mol. The zero-order valence-electron chi connectivity index (χ0n) is 8.70. The molecule has 0 radical (unpaired) electrons. The van der Waals surface area contributed by atoms with Crippen LogP contribution in [-0.2, 0) is 6.54 Å². The summed E-state index contributed by atoms with van der Waals surface area (Å²) in [5.41, 5.74) is 6.43. The molecule has 0 aliphatic rings. The number of hydrogen-bond donors (Lipinski definition) is 2. The first-order valence-electron chi connectivity index (χ1n) is 4.63. The molecule has 14 heavy (non-hydrogen) atoms. The van der Waals surface area contributed by atoms with Crippen molar-refractivity contribution >= 4 is 5.95 Å². The van der Waals surface area contributed by atoms with Crippen molar-refractivity contribution in [3.63, 3.8) is 0 Å². The Hall–Kier alpha value is -1.20. The third-order valence-electron chi connectivity index (χ3n) is 1.74. The van der Waals surface area contributed by atoms with Crippen LogP contribution in [0.2, 0.25) is 0 Å². The molecule has 1 aromatic heterocycles. The van der Waals surface area contributed by atoms with Gasteiger partial charge in [-0.25, -0.2) is 9.97 Å². The first kappa shape index (κ1) is 10.9. The highest BCUT2D eigenvalue weighted by Gasteiger charge is 1.98. The van der Waals surface area contributed by atoms with Gasteiger partial charge in [0.15, 0.2) is 0 Å². The monoisotopic (exact) mass is 195 g/mol. The Morgan fingerprint density at radius 2 is 2.00 bits per heavy atom. The Labute approximate surface area is 84.3 Å². The second-order valence-corrected chi connectivity index (χ2v) is 3.25. The molecule has 5 nitrogen and oxygen atoms in total. The van der Waals surface area contributed by atoms with Crippen molar-refractivity contribution in [1.82, 2.24) is 15.3 Å². The number of nitrogens with two attached hydrogens (primary N) is 1. The smallest absolute Gasteiger partial charge is 0.224 e. The molecule has 0 saturated heterocycles. The highest BCUT2D eigenvalue weighted by atomic mass is 15.2. The quantitative estimate of drug-likeness (QED) is 0.625. The normalized spacial score (nSPS) is 10.2. The van der Waals surface area contributed by atoms with Gasteiger partial charge < -0.3 is 16.0 Å². The molecular formula is C9H17N5. The summed E-state index contributed by atoms with van der Waals surface area (Å²) in [5.74, 6) is 0.729. The van der Waals surface area contributed by atoms with E-state index >= 15 is 0 Å². The van der Waals surface area contributed by atoms with E-state index < -0.39 is 0 Å². The number of rotatable bonds is 5. The summed E-state index contributed by atoms with van der Waals surface area (Å²) >= 11 is 0. The molecule has 3 N–H and O–H groups in total. The topological polar surface area (TPSA) is 67.1 Å². The molecule has 0 spiro atoms. The highest BCUT2D eigenvalue weighted by molar-refractivity contribution is 5.26. The van der Waals surface area contributed by atoms with Gasteiger partial charge in [0.2, 0.25) is 5.95 Å². The standard InChI is InChI=1S/C9H17N5/c1-14(2)9-12-6-8(7-13-9)5-11-4-3-10/h6-7,11H,3-5,10H2,1-2H3. The molecule has 78 valence electrons. The average molecular weight is 195 g/mol. The fourth-order valence-electron chi connectivity index (χ4n) is 1.00. The molecule has 1 aromatic rings. The van der Waals surface area contributed by atoms with Gasteiger partial charge in [0.1, 0.15) is 0 Å². The molecule has 0 fully saturated rings. The van der Waals surface area contributed by atoms with Crippen LogP contribution in [0.5, 0.6) is 0 Å². The largest absolute Gasteiger partial charge is 0.347 e. The average Bonchev–Trinajstić information content (AvgIpc) is 2.19. The molecule has 0 aliphatic heterocycles. The van der Waals surface area contributed by atoms with E-state index in [-0.39, 0.29) is 0 Å². The number of anilines is 1. The molecule has 0 aromatic carbocycles. The van der Waals surface area contributed by atoms with Crippen LogP contribution in [-0.4, -0.2) is 37.2 Å². The molecule has 0 saturated carbocycles. The second-order valence-electron chi connectivity index (χ2n) is 3.25. The van der Waals surface area contributed by atoms with E-state index in [4.69, 9.17) is 5.73 Å². The lowest BCUT2D eigenvalue weighted by Gasteiger charge is -2.09. The fraction of sp³-hybridized carbons (Fsp3) is 0.556. The van der Waals surface area contributed by atoms with E-state index in [0.717, 1.165) is 24.6 Å². The molecule has 1 rings (SSSR count). The van der Waals surface area contributed by atoms with Crippen LogP contribution in [0.4, 0.5) is 5.95 Å². The van der Waals surface area contributed by atoms with Crippen LogP contribution < -0.4 is 16.0 Å². The summed E-state index contributed by atoms with van der Waals surface area (Å²) in [6.45, 7) is 2.23. The van der Waals surface area contributed by atoms with Gasteiger partial charge in [-0.15, -0.1) is 0 Å². The van der Waals surface area contributed by atoms with Gasteiger partial charge >= 0.3 is 0 Å². The van der Waals surface area contributed by atoms with Crippen molar-refractivity contribution in [1.29, 1.82) is 0 Å². The Kier molecular flexibility index (Phi) is 4.28. The second kappa shape index (κ2) is 5.51. The van der Waals surface area contributed by atoms with Crippen molar-refractivity contribution in [3.05, 3.63) is 18.0 Å². The zero-order valence-corrected chi connectivity index (χ0v) is 8.70. The van der Waals surface area contributed by atoms with E-state index in [1.165, 1.54) is 0 Å². The van der Waals surface area contributed by atoms with Crippen LogP contribution in [0.3, 0.4) is 0 Å². The van der Waals surface area contributed by atoms with Crippen LogP contribution in [0.25, 0.3) is 0 Å². The Morgan fingerprint density at radius 3 is 2.50 bits per heavy atom. The summed E-state index contributed by atoms with van der Waals surface area (Å²) in [7, 11) is 3.84. The Bertz CT molecular complexity index is 256. The van der Waals surface area contributed by atoms with Crippen LogP contribution in [0.1, 0.15) is 5.56 Å². The van der Waals surface area contributed by atoms with Crippen molar-refractivity contribution in [2.45, 2.75) is 6.54 Å². The van der Waals surface area contributed by atoms with Crippen LogP contribution in [0, 0.1) is 0 Å². The summed E-state index contributed by atoms with van der Waals surface area (Å²) in [5, 5.41) is 3.18. The molecular weight excluding hydrogens is 178 g/mol. The van der Waals surface area contributed by atoms with Crippen molar-refractivity contribution in [3.8, 4) is 0 Å². The summed E-state index contributed by atoms with van der Waals surface area (Å²) in [6, 6.07) is 0. The van der Waals surface area contributed by atoms with Gasteiger partial charge in [0.05, 0.1) is 0 Å². The molecule has 0 atom stereocenters. The predicted octanol–water partition coefficient (Wildman–Crippen LogP) is -0.409. The minimum Gasteiger partial charge on any atom is -0.347 e. The number of nitrogens with one attached hydrogen (secondary N) is 1. The number of hydrogen-bond acceptors (Lipinski definition) is 5. The molecule has 0 bridgehead atoms. The SMILES string of the molecule is CN(C)c1ncc(CNCCN)cn1. The maximum absolute atomic E-state index is 5.36. The lowest BCUT2D eigenvalue weighted by Crippen LogP contribution is -2.22. The first-order valence-corrected chi connectivity index (χ1v) is 4.63. The van der Waals surface area contributed by atoms with E-state index in [1.54, 1.807) is 0 Å². The zero-order chi connectivity index (χ0) is 10.4. The number of aromatic nitrogens is 2. The third-order valence-corrected chi connectivity index (χ3v) is 1.74. The van der Waals surface area contributed by atoms with Crippen molar-refractivity contribution < 1.29 is 0 Å². The van der Waals surface area contributed by atoms with Gasteiger partial charge in [0.25, 0.3) is 0 Å². The van der Waals surface area contributed by atoms with E-state index in [9.17, 15) is 0 Å². The van der Waals surface area contributed by atoms with Gasteiger partial charge in [-0.2, -0.15) is 0 Å². The van der Waals surface area contributed by atoms with E-state index in [2.05, 4.69) is 15.3 Å². The summed E-state index contributed by atoms with van der Waals surface area (Å²) < 4.78 is 0. The minimum absolute atomic E-state index is 0.649. The van der Waals surface area contributed by atoms with E-state index in [0.29, 0.717) is 6.54 Å². The van der Waals surface area contributed by atoms with Gasteiger partial charge in [-0.1, -0.05) is 0 Å². The lowest BCUT2D eigenvalue weighted by molar-refractivity contribution is 0.690. The van der Waals surface area contributed by atoms with Gasteiger partial charge in [0, 0.05) is 51.7 Å². The van der Waals surface area contributed by atoms with Crippen molar-refractivity contribution in [2.24, 2.45) is 5.73 Å². The van der Waals surface area contributed by atoms with Crippen molar-refractivity contribution in [2.75, 3.05) is 32.1 Å². The molecule has 0 aliphatic carbocycles. The lowest BCUT2D eigenvalue weighted by atomic mass is 10.3. The third kappa shape index (κ3) is 3.27. The van der Waals surface area contributed by atoms with Crippen LogP contribution >= 0.6 is 0 Å². The van der Waals surface area contributed by atoms with Gasteiger partial charge in [-0.3, -0.25) is 0 Å². The molecule has 5 heteroatoms. The molecule has 0 unspecified atom stereocenters. The first-order chi connectivity index (χ1) is 6.74. The minimum atomic E-state index is 0.649. The maximum atomic E-state index is 5.36. The fourth-order valence-corrected chi connectivity index (χ4v) is 1.00. The Balaban J connectivity index is 2.47. The molecule has 0 amide bonds. The highest BCUT2D eigenvalue weighted by Crippen LogP contribution is 2.02. The van der Waals surface area contributed by atoms with E-state index in [1.807, 2.05) is 31.4 Å². The summed E-state index contributed by atoms with van der Waals surface area (Å²) in [4.78, 5) is 10.3. The van der Waals surface area contributed by atoms with Crippen LogP contribution in [0.15, 0.2) is 12.4 Å². The summed E-state index contributed by atoms with van der Waals surface area (Å²) in [6.07, 6.45) is 3.65. The molecule has 1 heterocycles.